The maximum atomic E-state index is 13.3. The van der Waals surface area contributed by atoms with Gasteiger partial charge in [0.1, 0.15) is 5.75 Å². The van der Waals surface area contributed by atoms with Crippen LogP contribution in [0.1, 0.15) is 36.5 Å². The van der Waals surface area contributed by atoms with Crippen molar-refractivity contribution in [1.82, 2.24) is 4.31 Å². The van der Waals surface area contributed by atoms with E-state index in [9.17, 15) is 8.42 Å². The van der Waals surface area contributed by atoms with Crippen LogP contribution in [-0.2, 0) is 23.1 Å². The van der Waals surface area contributed by atoms with Crippen LogP contribution in [0.25, 0.3) is 0 Å². The van der Waals surface area contributed by atoms with Gasteiger partial charge in [0, 0.05) is 13.1 Å². The van der Waals surface area contributed by atoms with Crippen LogP contribution in [0, 0.1) is 6.92 Å². The van der Waals surface area contributed by atoms with Gasteiger partial charge in [-0.15, -0.1) is 6.58 Å². The van der Waals surface area contributed by atoms with Crippen molar-refractivity contribution < 1.29 is 13.2 Å². The van der Waals surface area contributed by atoms with Crippen molar-refractivity contribution in [3.8, 4) is 5.75 Å². The molecule has 0 aliphatic carbocycles. The second-order valence-corrected chi connectivity index (χ2v) is 8.91. The quantitative estimate of drug-likeness (QED) is 0.556. The first kappa shape index (κ1) is 21.2. The number of ether oxygens (including phenoxy) is 1. The zero-order valence-electron chi connectivity index (χ0n) is 16.4. The molecule has 0 saturated carbocycles. The Hall–Kier alpha value is -2.11. The summed E-state index contributed by atoms with van der Waals surface area (Å²) in [6.45, 7) is 8.32. The summed E-state index contributed by atoms with van der Waals surface area (Å²) < 4.78 is 33.4. The van der Waals surface area contributed by atoms with Crippen LogP contribution in [0.4, 0.5) is 0 Å². The van der Waals surface area contributed by atoms with Gasteiger partial charge in [-0.3, -0.25) is 0 Å². The fourth-order valence-electron chi connectivity index (χ4n) is 2.96. The van der Waals surface area contributed by atoms with Crippen molar-refractivity contribution in [3.05, 3.63) is 77.9 Å². The second kappa shape index (κ2) is 9.72. The average Bonchev–Trinajstić information content (AvgIpc) is 2.67. The fourth-order valence-corrected chi connectivity index (χ4v) is 4.84. The van der Waals surface area contributed by atoms with Crippen LogP contribution in [0.5, 0.6) is 5.75 Å². The van der Waals surface area contributed by atoms with Crippen molar-refractivity contribution in [2.75, 3.05) is 7.11 Å². The predicted molar refractivity (Wildman–Crippen MR) is 111 cm³/mol. The van der Waals surface area contributed by atoms with Crippen molar-refractivity contribution in [3.63, 3.8) is 0 Å². The molecule has 4 nitrogen and oxygen atoms in total. The van der Waals surface area contributed by atoms with Crippen LogP contribution in [0.3, 0.4) is 0 Å². The van der Waals surface area contributed by atoms with E-state index in [4.69, 9.17) is 4.74 Å². The number of benzene rings is 2. The summed E-state index contributed by atoms with van der Waals surface area (Å²) in [5.74, 6) is 0.754. The highest BCUT2D eigenvalue weighted by Gasteiger charge is 2.30. The van der Waals surface area contributed by atoms with Gasteiger partial charge in [0.15, 0.2) is 0 Å². The Morgan fingerprint density at radius 2 is 1.56 bits per heavy atom. The lowest BCUT2D eigenvalue weighted by Crippen LogP contribution is -2.37. The van der Waals surface area contributed by atoms with Crippen molar-refractivity contribution in [1.29, 1.82) is 0 Å². The number of methoxy groups -OCH3 is 1. The monoisotopic (exact) mass is 387 g/mol. The number of rotatable bonds is 10. The van der Waals surface area contributed by atoms with Gasteiger partial charge in [-0.25, -0.2) is 8.42 Å². The van der Waals surface area contributed by atoms with E-state index >= 15 is 0 Å². The van der Waals surface area contributed by atoms with Crippen molar-refractivity contribution in [2.24, 2.45) is 0 Å². The van der Waals surface area contributed by atoms with Gasteiger partial charge in [-0.2, -0.15) is 4.31 Å². The topological polar surface area (TPSA) is 46.6 Å². The van der Waals surface area contributed by atoms with Gasteiger partial charge in [0.25, 0.3) is 0 Å². The second-order valence-electron chi connectivity index (χ2n) is 6.70. The summed E-state index contributed by atoms with van der Waals surface area (Å²) in [6.07, 6.45) is 2.69. The molecule has 1 atom stereocenters. The van der Waals surface area contributed by atoms with Gasteiger partial charge < -0.3 is 4.74 Å². The fraction of sp³-hybridized carbons (Fsp3) is 0.364. The lowest BCUT2D eigenvalue weighted by molar-refractivity contribution is 0.390. The number of sulfonamides is 1. The van der Waals surface area contributed by atoms with Crippen LogP contribution < -0.4 is 4.74 Å². The zero-order valence-corrected chi connectivity index (χ0v) is 17.2. The molecule has 0 saturated heterocycles. The normalized spacial score (nSPS) is 12.7. The van der Waals surface area contributed by atoms with E-state index in [2.05, 4.69) is 6.58 Å². The molecule has 0 spiro atoms. The minimum absolute atomic E-state index is 0.327. The highest BCUT2D eigenvalue weighted by atomic mass is 32.2. The Morgan fingerprint density at radius 1 is 1.04 bits per heavy atom. The first-order valence-electron chi connectivity index (χ1n) is 9.19. The third kappa shape index (κ3) is 5.68. The molecular weight excluding hydrogens is 358 g/mol. The lowest BCUT2D eigenvalue weighted by Gasteiger charge is -2.27. The van der Waals surface area contributed by atoms with Gasteiger partial charge in [-0.1, -0.05) is 55.0 Å². The van der Waals surface area contributed by atoms with Gasteiger partial charge in [0.2, 0.25) is 10.0 Å². The molecule has 0 amide bonds. The molecule has 2 rings (SSSR count). The molecule has 0 aromatic heterocycles. The number of nitrogens with zero attached hydrogens (tertiary/aromatic N) is 1. The maximum absolute atomic E-state index is 13.3. The van der Waals surface area contributed by atoms with E-state index in [0.29, 0.717) is 25.9 Å². The summed E-state index contributed by atoms with van der Waals surface area (Å²) >= 11 is 0. The number of hydrogen-bond donors (Lipinski definition) is 0. The predicted octanol–water partition coefficient (Wildman–Crippen LogP) is 4.69. The molecule has 0 N–H and O–H groups in total. The summed E-state index contributed by atoms with van der Waals surface area (Å²) in [6, 6.07) is 15.5. The van der Waals surface area contributed by atoms with E-state index in [1.54, 1.807) is 17.5 Å². The minimum Gasteiger partial charge on any atom is -0.497 e. The summed E-state index contributed by atoms with van der Waals surface area (Å²) in [7, 11) is -1.85. The smallest absolute Gasteiger partial charge is 0.217 e. The molecule has 0 unspecified atom stereocenters. The zero-order chi connectivity index (χ0) is 19.9. The highest BCUT2D eigenvalue weighted by Crippen LogP contribution is 2.23. The van der Waals surface area contributed by atoms with E-state index in [0.717, 1.165) is 22.4 Å². The molecule has 0 aliphatic rings. The molecule has 0 heterocycles. The molecular formula is C22H29NO3S. The minimum atomic E-state index is -3.47. The lowest BCUT2D eigenvalue weighted by atomic mass is 10.1. The maximum Gasteiger partial charge on any atom is 0.217 e. The van der Waals surface area contributed by atoms with Crippen LogP contribution in [-0.4, -0.2) is 25.1 Å². The van der Waals surface area contributed by atoms with E-state index in [1.807, 2.05) is 62.4 Å². The molecule has 0 bridgehead atoms. The Labute approximate surface area is 163 Å². The standard InChI is InChI=1S/C22H29NO3S/c1-5-7-22(6-2)27(24,25)23(16-19-10-8-18(3)9-11-19)17-20-12-14-21(26-4)15-13-20/h5,8-15,22H,1,6-7,16-17H2,2-4H3/t22-/m0/s1. The molecule has 5 heteroatoms. The number of allylic oxidation sites excluding steroid dienone is 1. The van der Waals surface area contributed by atoms with Crippen LogP contribution >= 0.6 is 0 Å². The van der Waals surface area contributed by atoms with Crippen molar-refractivity contribution >= 4 is 10.0 Å². The average molecular weight is 388 g/mol. The molecule has 0 radical (unpaired) electrons. The van der Waals surface area contributed by atoms with Gasteiger partial charge >= 0.3 is 0 Å². The highest BCUT2D eigenvalue weighted by molar-refractivity contribution is 7.89. The van der Waals surface area contributed by atoms with Crippen LogP contribution in [0.2, 0.25) is 0 Å². The Morgan fingerprint density at radius 3 is 2.00 bits per heavy atom. The summed E-state index contributed by atoms with van der Waals surface area (Å²) in [4.78, 5) is 0. The number of aryl methyl sites for hydroxylation is 1. The van der Waals surface area contributed by atoms with Gasteiger partial charge in [0.05, 0.1) is 12.4 Å². The number of hydrogen-bond acceptors (Lipinski definition) is 3. The molecule has 146 valence electrons. The first-order valence-corrected chi connectivity index (χ1v) is 10.7. The largest absolute Gasteiger partial charge is 0.497 e. The van der Waals surface area contributed by atoms with E-state index in [1.165, 1.54) is 0 Å². The Bertz CT molecular complexity index is 827. The van der Waals surface area contributed by atoms with Crippen molar-refractivity contribution in [2.45, 2.75) is 45.0 Å². The van der Waals surface area contributed by atoms with Crippen LogP contribution in [0.15, 0.2) is 61.2 Å². The third-order valence-electron chi connectivity index (χ3n) is 4.66. The third-order valence-corrected chi connectivity index (χ3v) is 7.01. The molecule has 27 heavy (non-hydrogen) atoms. The van der Waals surface area contributed by atoms with E-state index < -0.39 is 15.3 Å². The first-order chi connectivity index (χ1) is 12.9. The van der Waals surface area contributed by atoms with E-state index in [-0.39, 0.29) is 0 Å². The Balaban J connectivity index is 2.33. The molecule has 0 fully saturated rings. The van der Waals surface area contributed by atoms with Gasteiger partial charge in [-0.05, 0) is 43.0 Å². The Kier molecular flexibility index (Phi) is 7.63. The molecule has 2 aromatic rings. The molecule has 0 aliphatic heterocycles. The SMILES string of the molecule is C=CC[C@H](CC)S(=O)(=O)N(Cc1ccc(C)cc1)Cc1ccc(OC)cc1. The summed E-state index contributed by atoms with van der Waals surface area (Å²) in [5.41, 5.74) is 3.06. The molecule has 2 aromatic carbocycles. The summed E-state index contributed by atoms with van der Waals surface area (Å²) in [5, 5.41) is -0.460.